The van der Waals surface area contributed by atoms with Crippen molar-refractivity contribution in [3.8, 4) is 16.9 Å². The summed E-state index contributed by atoms with van der Waals surface area (Å²) in [6, 6.07) is 12.7. The van der Waals surface area contributed by atoms with Crippen LogP contribution in [-0.4, -0.2) is 20.2 Å². The zero-order valence-corrected chi connectivity index (χ0v) is 16.0. The Bertz CT molecular complexity index is 693. The zero-order chi connectivity index (χ0) is 17.7. The van der Waals surface area contributed by atoms with Crippen molar-refractivity contribution in [2.45, 2.75) is 37.6 Å². The maximum atomic E-state index is 6.03. The molecule has 0 aliphatic heterocycles. The molecule has 0 saturated carbocycles. The van der Waals surface area contributed by atoms with Gasteiger partial charge in [-0.05, 0) is 34.9 Å². The van der Waals surface area contributed by atoms with Crippen LogP contribution in [0.5, 0.6) is 5.75 Å². The first kappa shape index (κ1) is 18.8. The van der Waals surface area contributed by atoms with Crippen LogP contribution in [0.3, 0.4) is 0 Å². The van der Waals surface area contributed by atoms with Crippen molar-refractivity contribution in [2.24, 2.45) is 5.73 Å². The standard InChI is InChI=1S/C20H27NO2S/c1-20(2,3)17-11-14(12-21)10-16(19(17)23-13-22-4)15-8-6-7-9-18(15)24-5/h6-11H,12-13,21H2,1-5H3. The molecule has 2 N–H and O–H groups in total. The number of ether oxygens (including phenoxy) is 2. The highest BCUT2D eigenvalue weighted by Crippen LogP contribution is 2.43. The maximum absolute atomic E-state index is 6.03. The molecule has 2 aromatic carbocycles. The molecule has 0 bridgehead atoms. The van der Waals surface area contributed by atoms with Crippen LogP contribution in [0.25, 0.3) is 11.1 Å². The van der Waals surface area contributed by atoms with Crippen LogP contribution in [0.4, 0.5) is 0 Å². The molecule has 0 atom stereocenters. The van der Waals surface area contributed by atoms with Crippen molar-refractivity contribution < 1.29 is 9.47 Å². The van der Waals surface area contributed by atoms with Gasteiger partial charge < -0.3 is 15.2 Å². The molecule has 0 heterocycles. The van der Waals surface area contributed by atoms with Gasteiger partial charge in [-0.3, -0.25) is 0 Å². The lowest BCUT2D eigenvalue weighted by atomic mass is 9.83. The Balaban J connectivity index is 2.76. The number of thioether (sulfide) groups is 1. The number of nitrogens with two attached hydrogens (primary N) is 1. The average molecular weight is 346 g/mol. The Morgan fingerprint density at radius 1 is 1.08 bits per heavy atom. The summed E-state index contributed by atoms with van der Waals surface area (Å²) >= 11 is 1.73. The summed E-state index contributed by atoms with van der Waals surface area (Å²) in [7, 11) is 1.64. The molecule has 0 fully saturated rings. The maximum Gasteiger partial charge on any atom is 0.188 e. The van der Waals surface area contributed by atoms with E-state index < -0.39 is 0 Å². The molecule has 0 radical (unpaired) electrons. The van der Waals surface area contributed by atoms with Gasteiger partial charge in [0, 0.05) is 29.7 Å². The molecule has 0 saturated heterocycles. The molecule has 2 rings (SSSR count). The van der Waals surface area contributed by atoms with Crippen molar-refractivity contribution >= 4 is 11.8 Å². The second-order valence-corrected chi connectivity index (χ2v) is 7.57. The lowest BCUT2D eigenvalue weighted by Crippen LogP contribution is -2.16. The predicted molar refractivity (Wildman–Crippen MR) is 103 cm³/mol. The predicted octanol–water partition coefficient (Wildman–Crippen LogP) is 4.81. The van der Waals surface area contributed by atoms with Gasteiger partial charge in [-0.1, -0.05) is 45.0 Å². The molecule has 0 amide bonds. The van der Waals surface area contributed by atoms with Gasteiger partial charge in [-0.2, -0.15) is 0 Å². The molecule has 0 aliphatic carbocycles. The fourth-order valence-electron chi connectivity index (χ4n) is 2.70. The normalized spacial score (nSPS) is 11.6. The van der Waals surface area contributed by atoms with Crippen molar-refractivity contribution in [1.82, 2.24) is 0 Å². The van der Waals surface area contributed by atoms with Crippen LogP contribution in [0.1, 0.15) is 31.9 Å². The van der Waals surface area contributed by atoms with E-state index in [2.05, 4.69) is 63.4 Å². The fourth-order valence-corrected chi connectivity index (χ4v) is 3.32. The Morgan fingerprint density at radius 3 is 2.38 bits per heavy atom. The first-order valence-electron chi connectivity index (χ1n) is 8.05. The fraction of sp³-hybridized carbons (Fsp3) is 0.400. The van der Waals surface area contributed by atoms with Crippen molar-refractivity contribution in [2.75, 3.05) is 20.2 Å². The van der Waals surface area contributed by atoms with E-state index in [-0.39, 0.29) is 12.2 Å². The SMILES string of the molecule is COCOc1c(-c2ccccc2SC)cc(CN)cc1C(C)(C)C. The largest absolute Gasteiger partial charge is 0.467 e. The first-order valence-corrected chi connectivity index (χ1v) is 9.27. The summed E-state index contributed by atoms with van der Waals surface area (Å²) in [5.74, 6) is 0.878. The van der Waals surface area contributed by atoms with Crippen LogP contribution >= 0.6 is 11.8 Å². The second-order valence-electron chi connectivity index (χ2n) is 6.73. The molecule has 0 aliphatic rings. The third-order valence-electron chi connectivity index (χ3n) is 3.91. The third kappa shape index (κ3) is 4.12. The highest BCUT2D eigenvalue weighted by Gasteiger charge is 2.24. The van der Waals surface area contributed by atoms with E-state index in [9.17, 15) is 0 Å². The second kappa shape index (κ2) is 8.06. The highest BCUT2D eigenvalue weighted by molar-refractivity contribution is 7.98. The molecular formula is C20H27NO2S. The Hall–Kier alpha value is -1.49. The molecule has 0 unspecified atom stereocenters. The smallest absolute Gasteiger partial charge is 0.188 e. The zero-order valence-electron chi connectivity index (χ0n) is 15.2. The number of hydrogen-bond acceptors (Lipinski definition) is 4. The number of hydrogen-bond donors (Lipinski definition) is 1. The molecular weight excluding hydrogens is 318 g/mol. The van der Waals surface area contributed by atoms with Crippen molar-refractivity contribution in [1.29, 1.82) is 0 Å². The molecule has 3 nitrogen and oxygen atoms in total. The van der Waals surface area contributed by atoms with Gasteiger partial charge in [0.05, 0.1) is 0 Å². The van der Waals surface area contributed by atoms with Gasteiger partial charge in [-0.25, -0.2) is 0 Å². The van der Waals surface area contributed by atoms with Gasteiger partial charge >= 0.3 is 0 Å². The van der Waals surface area contributed by atoms with Gasteiger partial charge in [0.2, 0.25) is 0 Å². The average Bonchev–Trinajstić information content (AvgIpc) is 2.58. The highest BCUT2D eigenvalue weighted by atomic mass is 32.2. The quantitative estimate of drug-likeness (QED) is 0.602. The van der Waals surface area contributed by atoms with Crippen LogP contribution in [0.2, 0.25) is 0 Å². The van der Waals surface area contributed by atoms with Crippen LogP contribution in [0, 0.1) is 0 Å². The lowest BCUT2D eigenvalue weighted by molar-refractivity contribution is 0.0502. The van der Waals surface area contributed by atoms with Crippen molar-refractivity contribution in [3.05, 3.63) is 47.5 Å². The van der Waals surface area contributed by atoms with Crippen LogP contribution < -0.4 is 10.5 Å². The Labute approximate surface area is 149 Å². The van der Waals surface area contributed by atoms with E-state index in [0.29, 0.717) is 6.54 Å². The third-order valence-corrected chi connectivity index (χ3v) is 4.71. The minimum Gasteiger partial charge on any atom is -0.467 e. The molecule has 2 aromatic rings. The van der Waals surface area contributed by atoms with Gasteiger partial charge in [0.25, 0.3) is 0 Å². The lowest BCUT2D eigenvalue weighted by Gasteiger charge is -2.26. The van der Waals surface area contributed by atoms with E-state index in [1.165, 1.54) is 4.90 Å². The Kier molecular flexibility index (Phi) is 6.33. The Morgan fingerprint density at radius 2 is 1.79 bits per heavy atom. The van der Waals surface area contributed by atoms with E-state index in [0.717, 1.165) is 28.0 Å². The topological polar surface area (TPSA) is 44.5 Å². The van der Waals surface area contributed by atoms with E-state index >= 15 is 0 Å². The van der Waals surface area contributed by atoms with Gasteiger partial charge in [0.15, 0.2) is 6.79 Å². The summed E-state index contributed by atoms with van der Waals surface area (Å²) in [6.45, 7) is 7.28. The van der Waals surface area contributed by atoms with Crippen LogP contribution in [0.15, 0.2) is 41.3 Å². The van der Waals surface area contributed by atoms with Crippen LogP contribution in [-0.2, 0) is 16.7 Å². The summed E-state index contributed by atoms with van der Waals surface area (Å²) < 4.78 is 11.2. The molecule has 0 aromatic heterocycles. The molecule has 0 spiro atoms. The summed E-state index contributed by atoms with van der Waals surface area (Å²) in [4.78, 5) is 1.22. The minimum atomic E-state index is -0.0582. The number of methoxy groups -OCH3 is 1. The van der Waals surface area contributed by atoms with Gasteiger partial charge in [-0.15, -0.1) is 11.8 Å². The molecule has 4 heteroatoms. The van der Waals surface area contributed by atoms with E-state index in [1.54, 1.807) is 18.9 Å². The molecule has 24 heavy (non-hydrogen) atoms. The van der Waals surface area contributed by atoms with Gasteiger partial charge in [0.1, 0.15) is 5.75 Å². The summed E-state index contributed by atoms with van der Waals surface area (Å²) in [5.41, 5.74) is 10.4. The van der Waals surface area contributed by atoms with E-state index in [4.69, 9.17) is 15.2 Å². The number of benzene rings is 2. The minimum absolute atomic E-state index is 0.0582. The first-order chi connectivity index (χ1) is 11.4. The molecule has 130 valence electrons. The monoisotopic (exact) mass is 345 g/mol. The van der Waals surface area contributed by atoms with E-state index in [1.807, 2.05) is 0 Å². The van der Waals surface area contributed by atoms with Crippen molar-refractivity contribution in [3.63, 3.8) is 0 Å². The summed E-state index contributed by atoms with van der Waals surface area (Å²) in [6.07, 6.45) is 2.09. The summed E-state index contributed by atoms with van der Waals surface area (Å²) in [5, 5.41) is 0. The number of rotatable bonds is 6.